The molecule has 0 aliphatic heterocycles. The molecule has 0 spiro atoms. The van der Waals surface area contributed by atoms with E-state index in [0.717, 1.165) is 35.2 Å². The van der Waals surface area contributed by atoms with E-state index >= 15 is 0 Å². The number of alkyl halides is 3. The summed E-state index contributed by atoms with van der Waals surface area (Å²) in [6.07, 6.45) is -4.79. The van der Waals surface area contributed by atoms with Crippen LogP contribution in [0.15, 0.2) is 48.5 Å². The average molecular weight is 354 g/mol. The van der Waals surface area contributed by atoms with E-state index in [2.05, 4.69) is 0 Å². The Morgan fingerprint density at radius 3 is 2.24 bits per heavy atom. The Balaban J connectivity index is 2.37. The lowest BCUT2D eigenvalue weighted by Gasteiger charge is -2.23. The predicted molar refractivity (Wildman–Crippen MR) is 83.3 cm³/mol. The van der Waals surface area contributed by atoms with Gasteiger partial charge in [0.25, 0.3) is 5.91 Å². The molecule has 0 fully saturated rings. The second kappa shape index (κ2) is 7.33. The fourth-order valence-corrected chi connectivity index (χ4v) is 2.18. The van der Waals surface area contributed by atoms with Gasteiger partial charge in [0.05, 0.1) is 5.56 Å². The van der Waals surface area contributed by atoms with E-state index in [0.29, 0.717) is 0 Å². The molecule has 25 heavy (non-hydrogen) atoms. The van der Waals surface area contributed by atoms with Crippen LogP contribution in [-0.2, 0) is 11.0 Å². The number of halogens is 4. The zero-order valence-corrected chi connectivity index (χ0v) is 12.9. The first-order valence-electron chi connectivity index (χ1n) is 7.21. The molecule has 2 N–H and O–H groups in total. The summed E-state index contributed by atoms with van der Waals surface area (Å²) in [4.78, 5) is 24.7. The lowest BCUT2D eigenvalue weighted by atomic mass is 10.1. The molecule has 0 heterocycles. The molecule has 4 nitrogen and oxygen atoms in total. The Morgan fingerprint density at radius 2 is 1.68 bits per heavy atom. The molecule has 132 valence electrons. The summed E-state index contributed by atoms with van der Waals surface area (Å²) in [5.74, 6) is -1.96. The predicted octanol–water partition coefficient (Wildman–Crippen LogP) is 3.37. The number of nitrogens with two attached hydrogens (primary N) is 1. The van der Waals surface area contributed by atoms with Gasteiger partial charge >= 0.3 is 6.18 Å². The third-order valence-corrected chi connectivity index (χ3v) is 3.40. The molecule has 2 amide bonds. The number of nitrogens with zero attached hydrogens (tertiary/aromatic N) is 1. The Morgan fingerprint density at radius 1 is 1.04 bits per heavy atom. The van der Waals surface area contributed by atoms with Gasteiger partial charge in [-0.2, -0.15) is 13.2 Å². The highest BCUT2D eigenvalue weighted by Gasteiger charge is 2.31. The third-order valence-electron chi connectivity index (χ3n) is 3.40. The first-order valence-corrected chi connectivity index (χ1v) is 7.21. The van der Waals surface area contributed by atoms with Crippen molar-refractivity contribution >= 4 is 17.5 Å². The summed E-state index contributed by atoms with van der Waals surface area (Å²) >= 11 is 0. The number of hydrogen-bond acceptors (Lipinski definition) is 2. The zero-order chi connectivity index (χ0) is 18.6. The summed E-state index contributed by atoms with van der Waals surface area (Å²) in [7, 11) is 0. The molecular formula is C17H14F4N2O2. The minimum Gasteiger partial charge on any atom is -0.370 e. The quantitative estimate of drug-likeness (QED) is 0.837. The number of benzene rings is 2. The van der Waals surface area contributed by atoms with Crippen molar-refractivity contribution in [2.45, 2.75) is 12.6 Å². The summed E-state index contributed by atoms with van der Waals surface area (Å²) in [6.45, 7) is -0.143. The van der Waals surface area contributed by atoms with Gasteiger partial charge in [0.1, 0.15) is 5.82 Å². The number of anilines is 1. The van der Waals surface area contributed by atoms with E-state index in [1.807, 2.05) is 0 Å². The molecule has 0 bridgehead atoms. The van der Waals surface area contributed by atoms with Crippen molar-refractivity contribution < 1.29 is 27.2 Å². The number of primary amides is 1. The molecule has 0 atom stereocenters. The molecule has 0 unspecified atom stereocenters. The van der Waals surface area contributed by atoms with E-state index in [-0.39, 0.29) is 24.2 Å². The highest BCUT2D eigenvalue weighted by atomic mass is 19.4. The van der Waals surface area contributed by atoms with Crippen molar-refractivity contribution in [1.29, 1.82) is 0 Å². The van der Waals surface area contributed by atoms with Gasteiger partial charge in [-0.15, -0.1) is 0 Å². The molecule has 0 aliphatic carbocycles. The Hall–Kier alpha value is -2.90. The van der Waals surface area contributed by atoms with Gasteiger partial charge in [-0.3, -0.25) is 9.59 Å². The second-order valence-corrected chi connectivity index (χ2v) is 5.23. The maximum Gasteiger partial charge on any atom is 0.416 e. The fraction of sp³-hybridized carbons (Fsp3) is 0.176. The molecule has 0 aliphatic rings. The highest BCUT2D eigenvalue weighted by molar-refractivity contribution is 6.06. The van der Waals surface area contributed by atoms with Gasteiger partial charge in [-0.05, 0) is 42.5 Å². The monoisotopic (exact) mass is 354 g/mol. The fourth-order valence-electron chi connectivity index (χ4n) is 2.18. The van der Waals surface area contributed by atoms with E-state index in [4.69, 9.17) is 5.73 Å². The van der Waals surface area contributed by atoms with Crippen LogP contribution in [0.4, 0.5) is 23.2 Å². The summed E-state index contributed by atoms with van der Waals surface area (Å²) < 4.78 is 51.5. The SMILES string of the molecule is NC(=O)CCN(C(=O)c1cccc(C(F)(F)F)c1)c1ccc(F)cc1. The smallest absolute Gasteiger partial charge is 0.370 e. The molecule has 2 aromatic rings. The van der Waals surface area contributed by atoms with E-state index in [1.54, 1.807) is 0 Å². The molecule has 0 aromatic heterocycles. The maximum atomic E-state index is 13.1. The van der Waals surface area contributed by atoms with Gasteiger partial charge in [0, 0.05) is 24.2 Å². The number of rotatable bonds is 5. The van der Waals surface area contributed by atoms with Crippen LogP contribution in [0.25, 0.3) is 0 Å². The van der Waals surface area contributed by atoms with Gasteiger partial charge in [-0.25, -0.2) is 4.39 Å². The van der Waals surface area contributed by atoms with Gasteiger partial charge in [0.2, 0.25) is 5.91 Å². The van der Waals surface area contributed by atoms with Crippen molar-refractivity contribution in [3.05, 3.63) is 65.5 Å². The maximum absolute atomic E-state index is 13.1. The standard InChI is InChI=1S/C17H14F4N2O2/c18-13-4-6-14(7-5-13)23(9-8-15(22)24)16(25)11-2-1-3-12(10-11)17(19,20)21/h1-7,10H,8-9H2,(H2,22,24). The van der Waals surface area contributed by atoms with Crippen LogP contribution < -0.4 is 10.6 Å². The van der Waals surface area contributed by atoms with Crippen LogP contribution in [0.2, 0.25) is 0 Å². The first kappa shape index (κ1) is 18.4. The van der Waals surface area contributed by atoms with Crippen molar-refractivity contribution in [2.75, 3.05) is 11.4 Å². The van der Waals surface area contributed by atoms with Crippen LogP contribution in [-0.4, -0.2) is 18.4 Å². The molecular weight excluding hydrogens is 340 g/mol. The molecule has 2 aromatic carbocycles. The summed E-state index contributed by atoms with van der Waals surface area (Å²) in [6, 6.07) is 8.72. The lowest BCUT2D eigenvalue weighted by molar-refractivity contribution is -0.137. The van der Waals surface area contributed by atoms with Crippen LogP contribution in [0.5, 0.6) is 0 Å². The van der Waals surface area contributed by atoms with Crippen LogP contribution in [0, 0.1) is 5.82 Å². The van der Waals surface area contributed by atoms with E-state index in [1.165, 1.54) is 18.2 Å². The number of hydrogen-bond donors (Lipinski definition) is 1. The van der Waals surface area contributed by atoms with Crippen molar-refractivity contribution in [2.24, 2.45) is 5.73 Å². The normalized spacial score (nSPS) is 11.2. The van der Waals surface area contributed by atoms with Gasteiger partial charge in [-0.1, -0.05) is 6.07 Å². The molecule has 8 heteroatoms. The minimum absolute atomic E-state index is 0.143. The summed E-state index contributed by atoms with van der Waals surface area (Å²) in [5.41, 5.74) is 4.15. The van der Waals surface area contributed by atoms with E-state index in [9.17, 15) is 27.2 Å². The first-order chi connectivity index (χ1) is 11.7. The molecule has 2 rings (SSSR count). The van der Waals surface area contributed by atoms with Crippen molar-refractivity contribution in [1.82, 2.24) is 0 Å². The second-order valence-electron chi connectivity index (χ2n) is 5.23. The Kier molecular flexibility index (Phi) is 5.41. The van der Waals surface area contributed by atoms with Crippen LogP contribution in [0.3, 0.4) is 0 Å². The number of amides is 2. The van der Waals surface area contributed by atoms with Crippen LogP contribution >= 0.6 is 0 Å². The molecule has 0 saturated carbocycles. The van der Waals surface area contributed by atoms with Gasteiger partial charge < -0.3 is 10.6 Å². The Bertz CT molecular complexity index is 773. The van der Waals surface area contributed by atoms with Gasteiger partial charge in [0.15, 0.2) is 0 Å². The summed E-state index contributed by atoms with van der Waals surface area (Å²) in [5, 5.41) is 0. The topological polar surface area (TPSA) is 63.4 Å². The van der Waals surface area contributed by atoms with E-state index < -0.39 is 29.4 Å². The number of carbonyl (C=O) groups excluding carboxylic acids is 2. The van der Waals surface area contributed by atoms with Crippen molar-refractivity contribution in [3.8, 4) is 0 Å². The Labute approximate surface area is 140 Å². The molecule has 0 radical (unpaired) electrons. The van der Waals surface area contributed by atoms with Crippen LogP contribution in [0.1, 0.15) is 22.3 Å². The number of carbonyl (C=O) groups is 2. The average Bonchev–Trinajstić information content (AvgIpc) is 2.55. The zero-order valence-electron chi connectivity index (χ0n) is 12.9. The van der Waals surface area contributed by atoms with Crippen molar-refractivity contribution in [3.63, 3.8) is 0 Å². The largest absolute Gasteiger partial charge is 0.416 e. The minimum atomic E-state index is -4.59. The lowest BCUT2D eigenvalue weighted by Crippen LogP contribution is -2.34. The third kappa shape index (κ3) is 4.79. The highest BCUT2D eigenvalue weighted by Crippen LogP contribution is 2.30. The molecule has 0 saturated heterocycles.